The maximum Gasteiger partial charge on any atom is 0.337 e. The van der Waals surface area contributed by atoms with Crippen LogP contribution in [0.4, 0.5) is 11.4 Å². The monoisotopic (exact) mass is 438 g/mol. The second kappa shape index (κ2) is 9.77. The van der Waals surface area contributed by atoms with Crippen LogP contribution in [0.2, 0.25) is 5.02 Å². The number of aromatic carboxylic acids is 1. The molecule has 0 aliphatic carbocycles. The Kier molecular flexibility index (Phi) is 6.89. The van der Waals surface area contributed by atoms with Crippen LogP contribution in [0.5, 0.6) is 5.75 Å². The number of halogens is 1. The molecule has 7 nitrogen and oxygen atoms in total. The van der Waals surface area contributed by atoms with Crippen molar-refractivity contribution in [3.8, 4) is 5.75 Å². The van der Waals surface area contributed by atoms with Gasteiger partial charge < -0.3 is 20.5 Å². The minimum atomic E-state index is -1.17. The Morgan fingerprint density at radius 2 is 1.65 bits per heavy atom. The van der Waals surface area contributed by atoms with Crippen molar-refractivity contribution in [3.63, 3.8) is 0 Å². The summed E-state index contributed by atoms with van der Waals surface area (Å²) in [7, 11) is 0. The van der Waals surface area contributed by atoms with E-state index in [-0.39, 0.29) is 28.4 Å². The zero-order valence-corrected chi connectivity index (χ0v) is 17.3. The first-order valence-corrected chi connectivity index (χ1v) is 9.64. The number of aryl methyl sites for hydroxylation is 1. The van der Waals surface area contributed by atoms with E-state index in [0.29, 0.717) is 11.4 Å². The molecule has 0 fully saturated rings. The maximum atomic E-state index is 12.7. The number of benzene rings is 3. The second-order valence-corrected chi connectivity index (χ2v) is 7.01. The fourth-order valence-corrected chi connectivity index (χ4v) is 3.01. The zero-order chi connectivity index (χ0) is 22.4. The van der Waals surface area contributed by atoms with E-state index in [4.69, 9.17) is 16.3 Å². The third-order valence-corrected chi connectivity index (χ3v) is 4.68. The second-order valence-electron chi connectivity index (χ2n) is 6.60. The minimum absolute atomic E-state index is 0.0511. The zero-order valence-electron chi connectivity index (χ0n) is 16.5. The molecule has 158 valence electrons. The molecule has 31 heavy (non-hydrogen) atoms. The van der Waals surface area contributed by atoms with Gasteiger partial charge in [-0.05, 0) is 48.9 Å². The van der Waals surface area contributed by atoms with Crippen LogP contribution in [0.15, 0.2) is 66.7 Å². The van der Waals surface area contributed by atoms with Gasteiger partial charge in [0.05, 0.1) is 21.8 Å². The summed E-state index contributed by atoms with van der Waals surface area (Å²) in [4.78, 5) is 36.2. The standard InChI is InChI=1S/C23H19ClN2O5/c1-14-6-2-5-9-20(14)31-13-21(27)25-15-10-11-18(24)17(12-15)22(28)26-19-8-4-3-7-16(19)23(29)30/h2-12H,13H2,1H3,(H,25,27)(H,26,28)(H,29,30). The Labute approximate surface area is 183 Å². The predicted octanol–water partition coefficient (Wildman–Crippen LogP) is 4.62. The Balaban J connectivity index is 1.70. The fourth-order valence-electron chi connectivity index (χ4n) is 2.80. The van der Waals surface area contributed by atoms with Gasteiger partial charge in [0.25, 0.3) is 11.8 Å². The number of carboxylic acids is 1. The van der Waals surface area contributed by atoms with Gasteiger partial charge in [0, 0.05) is 5.69 Å². The number of carbonyl (C=O) groups is 3. The van der Waals surface area contributed by atoms with Crippen LogP contribution in [-0.2, 0) is 4.79 Å². The first kappa shape index (κ1) is 21.9. The summed E-state index contributed by atoms with van der Waals surface area (Å²) in [6.45, 7) is 1.67. The van der Waals surface area contributed by atoms with E-state index in [2.05, 4.69) is 10.6 Å². The van der Waals surface area contributed by atoms with Crippen molar-refractivity contribution < 1.29 is 24.2 Å². The van der Waals surface area contributed by atoms with Crippen LogP contribution in [0.3, 0.4) is 0 Å². The van der Waals surface area contributed by atoms with Gasteiger partial charge in [-0.2, -0.15) is 0 Å². The molecule has 3 N–H and O–H groups in total. The van der Waals surface area contributed by atoms with Crippen LogP contribution in [0.25, 0.3) is 0 Å². The van der Waals surface area contributed by atoms with Crippen molar-refractivity contribution in [2.24, 2.45) is 0 Å². The average Bonchev–Trinajstić information content (AvgIpc) is 2.74. The molecule has 2 amide bonds. The van der Waals surface area contributed by atoms with Crippen LogP contribution in [0, 0.1) is 6.92 Å². The SMILES string of the molecule is Cc1ccccc1OCC(=O)Nc1ccc(Cl)c(C(=O)Nc2ccccc2C(=O)O)c1. The van der Waals surface area contributed by atoms with E-state index in [1.165, 1.54) is 24.3 Å². The number of anilines is 2. The van der Waals surface area contributed by atoms with Crippen molar-refractivity contribution >= 4 is 40.8 Å². The molecule has 8 heteroatoms. The van der Waals surface area contributed by atoms with Crippen molar-refractivity contribution in [2.45, 2.75) is 6.92 Å². The highest BCUT2D eigenvalue weighted by Gasteiger charge is 2.16. The molecule has 0 spiro atoms. The molecule has 0 atom stereocenters. The third kappa shape index (κ3) is 5.61. The Morgan fingerprint density at radius 3 is 2.39 bits per heavy atom. The number of carboxylic acid groups (broad SMARTS) is 1. The molecule has 0 radical (unpaired) electrons. The number of hydrogen-bond donors (Lipinski definition) is 3. The lowest BCUT2D eigenvalue weighted by Crippen LogP contribution is -2.21. The summed E-state index contributed by atoms with van der Waals surface area (Å²) in [5.41, 5.74) is 1.42. The molecule has 0 bridgehead atoms. The smallest absolute Gasteiger partial charge is 0.337 e. The van der Waals surface area contributed by atoms with Crippen LogP contribution >= 0.6 is 11.6 Å². The van der Waals surface area contributed by atoms with Gasteiger partial charge in [0.2, 0.25) is 0 Å². The summed E-state index contributed by atoms with van der Waals surface area (Å²) >= 11 is 6.14. The molecule has 0 saturated carbocycles. The molecular weight excluding hydrogens is 420 g/mol. The summed E-state index contributed by atoms with van der Waals surface area (Å²) in [6.07, 6.45) is 0. The van der Waals surface area contributed by atoms with Gasteiger partial charge >= 0.3 is 5.97 Å². The quantitative estimate of drug-likeness (QED) is 0.499. The Hall–Kier alpha value is -3.84. The lowest BCUT2D eigenvalue weighted by atomic mass is 10.1. The topological polar surface area (TPSA) is 105 Å². The van der Waals surface area contributed by atoms with Crippen LogP contribution in [-0.4, -0.2) is 29.5 Å². The summed E-state index contributed by atoms with van der Waals surface area (Å²) in [5, 5.41) is 14.6. The first-order chi connectivity index (χ1) is 14.8. The van der Waals surface area contributed by atoms with Gasteiger partial charge in [-0.3, -0.25) is 9.59 Å². The van der Waals surface area contributed by atoms with Crippen molar-refractivity contribution in [2.75, 3.05) is 17.2 Å². The molecule has 3 aromatic carbocycles. The molecule has 0 saturated heterocycles. The van der Waals surface area contributed by atoms with Gasteiger partial charge in [0.1, 0.15) is 5.75 Å². The maximum absolute atomic E-state index is 12.7. The Bertz CT molecular complexity index is 1150. The normalized spacial score (nSPS) is 10.3. The summed E-state index contributed by atoms with van der Waals surface area (Å²) < 4.78 is 5.51. The van der Waals surface area contributed by atoms with E-state index in [9.17, 15) is 19.5 Å². The van der Waals surface area contributed by atoms with Gasteiger partial charge in [-0.1, -0.05) is 41.9 Å². The molecule has 0 unspecified atom stereocenters. The number of nitrogens with one attached hydrogen (secondary N) is 2. The highest BCUT2D eigenvalue weighted by molar-refractivity contribution is 6.34. The summed E-state index contributed by atoms with van der Waals surface area (Å²) in [5.74, 6) is -1.58. The lowest BCUT2D eigenvalue weighted by Gasteiger charge is -2.12. The molecule has 0 aromatic heterocycles. The van der Waals surface area contributed by atoms with Crippen LogP contribution < -0.4 is 15.4 Å². The van der Waals surface area contributed by atoms with Crippen molar-refractivity contribution in [1.29, 1.82) is 0 Å². The van der Waals surface area contributed by atoms with Gasteiger partial charge in [-0.25, -0.2) is 4.79 Å². The highest BCUT2D eigenvalue weighted by atomic mass is 35.5. The number of amides is 2. The number of rotatable bonds is 7. The molecular formula is C23H19ClN2O5. The fraction of sp³-hybridized carbons (Fsp3) is 0.0870. The van der Waals surface area contributed by atoms with E-state index in [1.54, 1.807) is 24.3 Å². The van der Waals surface area contributed by atoms with Gasteiger partial charge in [-0.15, -0.1) is 0 Å². The average molecular weight is 439 g/mol. The Morgan fingerprint density at radius 1 is 0.935 bits per heavy atom. The number of ether oxygens (including phenoxy) is 1. The van der Waals surface area contributed by atoms with Crippen molar-refractivity contribution in [1.82, 2.24) is 0 Å². The summed E-state index contributed by atoms with van der Waals surface area (Å²) in [6, 6.07) is 17.8. The first-order valence-electron chi connectivity index (χ1n) is 9.26. The molecule has 0 heterocycles. The largest absolute Gasteiger partial charge is 0.483 e. The third-order valence-electron chi connectivity index (χ3n) is 4.35. The molecule has 0 aliphatic heterocycles. The van der Waals surface area contributed by atoms with E-state index < -0.39 is 17.8 Å². The van der Waals surface area contributed by atoms with E-state index in [1.807, 2.05) is 25.1 Å². The number of carbonyl (C=O) groups excluding carboxylic acids is 2. The van der Waals surface area contributed by atoms with Crippen molar-refractivity contribution in [3.05, 3.63) is 88.4 Å². The molecule has 3 aromatic rings. The minimum Gasteiger partial charge on any atom is -0.483 e. The number of hydrogen-bond acceptors (Lipinski definition) is 4. The van der Waals surface area contributed by atoms with Gasteiger partial charge in [0.15, 0.2) is 6.61 Å². The molecule has 3 rings (SSSR count). The van der Waals surface area contributed by atoms with E-state index >= 15 is 0 Å². The van der Waals surface area contributed by atoms with E-state index in [0.717, 1.165) is 5.56 Å². The molecule has 0 aliphatic rings. The number of para-hydroxylation sites is 2. The predicted molar refractivity (Wildman–Crippen MR) is 118 cm³/mol. The van der Waals surface area contributed by atoms with Crippen LogP contribution in [0.1, 0.15) is 26.3 Å². The highest BCUT2D eigenvalue weighted by Crippen LogP contribution is 2.23. The lowest BCUT2D eigenvalue weighted by molar-refractivity contribution is -0.118.